The maximum Gasteiger partial charge on any atom is 0.407 e. The van der Waals surface area contributed by atoms with E-state index in [1.54, 1.807) is 11.8 Å². The van der Waals surface area contributed by atoms with Crippen LogP contribution in [-0.4, -0.2) is 53.8 Å². The number of rotatable bonds is 10. The Labute approximate surface area is 210 Å². The molecule has 8 heteroatoms. The molecule has 0 heterocycles. The first kappa shape index (κ1) is 25.1. The molecule has 0 unspecified atom stereocenters. The fourth-order valence-corrected chi connectivity index (χ4v) is 5.68. The summed E-state index contributed by atoms with van der Waals surface area (Å²) < 4.78 is 5.64. The molecular weight excluding hydrogens is 464 g/mol. The lowest BCUT2D eigenvalue weighted by molar-refractivity contribution is -0.142. The third-order valence-corrected chi connectivity index (χ3v) is 7.57. The number of benzene rings is 2. The molecule has 2 aromatic rings. The lowest BCUT2D eigenvalue weighted by Crippen LogP contribution is -2.41. The average molecular weight is 497 g/mol. The van der Waals surface area contributed by atoms with Gasteiger partial charge in [0.2, 0.25) is 5.91 Å². The number of alkyl carbamates (subject to hydrolysis) is 1. The summed E-state index contributed by atoms with van der Waals surface area (Å²) in [7, 11) is 0. The number of carbonyl (C=O) groups is 3. The van der Waals surface area contributed by atoms with Crippen LogP contribution in [0.2, 0.25) is 0 Å². The number of carbonyl (C=O) groups excluding carboxylic acids is 2. The van der Waals surface area contributed by atoms with E-state index in [2.05, 4.69) is 34.9 Å². The summed E-state index contributed by atoms with van der Waals surface area (Å²) in [6.45, 7) is 0.269. The van der Waals surface area contributed by atoms with Gasteiger partial charge in [-0.3, -0.25) is 4.79 Å². The van der Waals surface area contributed by atoms with E-state index in [9.17, 15) is 19.5 Å². The summed E-state index contributed by atoms with van der Waals surface area (Å²) in [5.74, 6) is -0.448. The van der Waals surface area contributed by atoms with Gasteiger partial charge in [-0.1, -0.05) is 48.5 Å². The van der Waals surface area contributed by atoms with Gasteiger partial charge in [-0.15, -0.1) is 0 Å². The Bertz CT molecular complexity index is 1030. The van der Waals surface area contributed by atoms with E-state index in [0.717, 1.165) is 12.8 Å². The first-order chi connectivity index (χ1) is 17.0. The molecule has 7 nitrogen and oxygen atoms in total. The third-order valence-electron chi connectivity index (χ3n) is 6.92. The van der Waals surface area contributed by atoms with Crippen molar-refractivity contribution in [2.24, 2.45) is 5.92 Å². The van der Waals surface area contributed by atoms with Crippen LogP contribution in [0.3, 0.4) is 0 Å². The number of fused-ring (bicyclic) bond motifs is 3. The Kier molecular flexibility index (Phi) is 8.33. The van der Waals surface area contributed by atoms with Gasteiger partial charge >= 0.3 is 12.1 Å². The molecule has 2 aromatic carbocycles. The largest absolute Gasteiger partial charge is 0.480 e. The van der Waals surface area contributed by atoms with Crippen molar-refractivity contribution in [3.05, 3.63) is 59.7 Å². The SMILES string of the molecule is CSCC[C@@H](NC(=O)C[C@H]1CC[C@@H](NC(=O)OCC2c3ccccc3-c3ccccc32)C1)C(=O)O. The maximum absolute atomic E-state index is 12.5. The van der Waals surface area contributed by atoms with Crippen molar-refractivity contribution in [1.29, 1.82) is 0 Å². The van der Waals surface area contributed by atoms with Crippen LogP contribution in [0, 0.1) is 5.92 Å². The van der Waals surface area contributed by atoms with Crippen molar-refractivity contribution >= 4 is 29.7 Å². The second-order valence-corrected chi connectivity index (χ2v) is 10.3. The Morgan fingerprint density at radius 1 is 1.06 bits per heavy atom. The molecule has 2 aliphatic rings. The number of aliphatic carboxylic acids is 1. The summed E-state index contributed by atoms with van der Waals surface area (Å²) in [4.78, 5) is 36.3. The normalized spacial score (nSPS) is 19.5. The number of hydrogen-bond acceptors (Lipinski definition) is 5. The molecule has 35 heavy (non-hydrogen) atoms. The molecule has 2 aliphatic carbocycles. The number of nitrogens with one attached hydrogen (secondary N) is 2. The van der Waals surface area contributed by atoms with E-state index < -0.39 is 18.1 Å². The van der Waals surface area contributed by atoms with E-state index in [4.69, 9.17) is 4.74 Å². The molecule has 3 N–H and O–H groups in total. The smallest absolute Gasteiger partial charge is 0.407 e. The van der Waals surface area contributed by atoms with Gasteiger partial charge in [0.25, 0.3) is 0 Å². The van der Waals surface area contributed by atoms with Crippen molar-refractivity contribution in [3.8, 4) is 11.1 Å². The number of ether oxygens (including phenoxy) is 1. The standard InChI is InChI=1S/C27H32N2O5S/c1-35-13-12-24(26(31)32)29-25(30)15-17-10-11-18(14-17)28-27(33)34-16-23-21-8-4-2-6-19(21)20-7-3-5-9-22(20)23/h2-9,17-18,23-24H,10-16H2,1H3,(H,28,33)(H,29,30)(H,31,32)/t17-,18+,24+/m0/s1. The monoisotopic (exact) mass is 496 g/mol. The lowest BCUT2D eigenvalue weighted by atomic mass is 9.98. The highest BCUT2D eigenvalue weighted by Crippen LogP contribution is 2.44. The molecule has 0 aromatic heterocycles. The van der Waals surface area contributed by atoms with Crippen molar-refractivity contribution in [2.75, 3.05) is 18.6 Å². The van der Waals surface area contributed by atoms with Crippen LogP contribution in [0.4, 0.5) is 4.79 Å². The predicted octanol–water partition coefficient (Wildman–Crippen LogP) is 4.41. The Morgan fingerprint density at radius 2 is 1.71 bits per heavy atom. The van der Waals surface area contributed by atoms with Gasteiger partial charge in [0, 0.05) is 18.4 Å². The fraction of sp³-hybridized carbons (Fsp3) is 0.444. The molecule has 3 atom stereocenters. The molecule has 4 rings (SSSR count). The molecule has 0 saturated heterocycles. The number of amides is 2. The molecule has 0 radical (unpaired) electrons. The van der Waals surface area contributed by atoms with Gasteiger partial charge in [-0.25, -0.2) is 9.59 Å². The van der Waals surface area contributed by atoms with E-state index in [-0.39, 0.29) is 36.8 Å². The highest BCUT2D eigenvalue weighted by atomic mass is 32.2. The second kappa shape index (κ2) is 11.6. The summed E-state index contributed by atoms with van der Waals surface area (Å²) in [6.07, 6.45) is 4.40. The van der Waals surface area contributed by atoms with Gasteiger partial charge in [-0.2, -0.15) is 11.8 Å². The number of carboxylic acids is 1. The Morgan fingerprint density at radius 3 is 2.34 bits per heavy atom. The Hall–Kier alpha value is -3.00. The topological polar surface area (TPSA) is 105 Å². The zero-order chi connectivity index (χ0) is 24.8. The molecule has 186 valence electrons. The predicted molar refractivity (Wildman–Crippen MR) is 137 cm³/mol. The minimum absolute atomic E-state index is 0.0152. The molecule has 0 aliphatic heterocycles. The van der Waals surface area contributed by atoms with Crippen LogP contribution in [-0.2, 0) is 14.3 Å². The molecule has 1 fully saturated rings. The average Bonchev–Trinajstić information content (AvgIpc) is 3.41. The first-order valence-corrected chi connectivity index (χ1v) is 13.5. The summed E-state index contributed by atoms with van der Waals surface area (Å²) in [5, 5.41) is 14.9. The molecule has 2 amide bonds. The van der Waals surface area contributed by atoms with Crippen LogP contribution in [0.5, 0.6) is 0 Å². The fourth-order valence-electron chi connectivity index (χ4n) is 5.21. The van der Waals surface area contributed by atoms with Crippen LogP contribution < -0.4 is 10.6 Å². The van der Waals surface area contributed by atoms with Gasteiger partial charge in [-0.05, 0) is 65.9 Å². The molecule has 0 bridgehead atoms. The number of thioether (sulfide) groups is 1. The van der Waals surface area contributed by atoms with Gasteiger partial charge < -0.3 is 20.5 Å². The summed E-state index contributed by atoms with van der Waals surface area (Å²) >= 11 is 1.55. The zero-order valence-corrected chi connectivity index (χ0v) is 20.7. The quantitative estimate of drug-likeness (QED) is 0.450. The van der Waals surface area contributed by atoms with Crippen molar-refractivity contribution < 1.29 is 24.2 Å². The van der Waals surface area contributed by atoms with E-state index in [1.165, 1.54) is 22.3 Å². The lowest BCUT2D eigenvalue weighted by Gasteiger charge is -2.17. The summed E-state index contributed by atoms with van der Waals surface area (Å²) in [5.41, 5.74) is 4.72. The first-order valence-electron chi connectivity index (χ1n) is 12.1. The third kappa shape index (κ3) is 6.17. The van der Waals surface area contributed by atoms with Gasteiger partial charge in [0.05, 0.1) is 0 Å². The van der Waals surface area contributed by atoms with Crippen LogP contribution in [0.15, 0.2) is 48.5 Å². The Balaban J connectivity index is 1.24. The molecule has 1 saturated carbocycles. The zero-order valence-electron chi connectivity index (χ0n) is 19.9. The van der Waals surface area contributed by atoms with Gasteiger partial charge in [0.15, 0.2) is 0 Å². The highest BCUT2D eigenvalue weighted by Gasteiger charge is 2.31. The molecular formula is C27H32N2O5S. The highest BCUT2D eigenvalue weighted by molar-refractivity contribution is 7.98. The number of hydrogen-bond donors (Lipinski definition) is 3. The van der Waals surface area contributed by atoms with E-state index >= 15 is 0 Å². The summed E-state index contributed by atoms with van der Waals surface area (Å²) in [6, 6.07) is 15.5. The van der Waals surface area contributed by atoms with Crippen molar-refractivity contribution in [2.45, 2.75) is 50.1 Å². The van der Waals surface area contributed by atoms with Crippen LogP contribution in [0.25, 0.3) is 11.1 Å². The van der Waals surface area contributed by atoms with Crippen molar-refractivity contribution in [1.82, 2.24) is 10.6 Å². The minimum atomic E-state index is -1.01. The van der Waals surface area contributed by atoms with Crippen LogP contribution >= 0.6 is 11.8 Å². The minimum Gasteiger partial charge on any atom is -0.480 e. The molecule has 0 spiro atoms. The van der Waals surface area contributed by atoms with E-state index in [0.29, 0.717) is 18.6 Å². The maximum atomic E-state index is 12.5. The number of carboxylic acid groups (broad SMARTS) is 1. The van der Waals surface area contributed by atoms with Crippen molar-refractivity contribution in [3.63, 3.8) is 0 Å². The van der Waals surface area contributed by atoms with E-state index in [1.807, 2.05) is 30.5 Å². The second-order valence-electron chi connectivity index (χ2n) is 9.29. The van der Waals surface area contributed by atoms with Crippen LogP contribution in [0.1, 0.15) is 49.1 Å². The van der Waals surface area contributed by atoms with Gasteiger partial charge in [0.1, 0.15) is 12.6 Å².